The summed E-state index contributed by atoms with van der Waals surface area (Å²) in [6, 6.07) is 7.26. The Morgan fingerprint density at radius 1 is 1.39 bits per heavy atom. The second-order valence-electron chi connectivity index (χ2n) is 4.76. The minimum absolute atomic E-state index is 0.209. The fraction of sp³-hybridized carbons (Fsp3) is 0.571. The molecule has 1 aliphatic carbocycles. The molecule has 2 unspecified atom stereocenters. The van der Waals surface area contributed by atoms with Crippen LogP contribution in [0.5, 0.6) is 5.75 Å². The summed E-state index contributed by atoms with van der Waals surface area (Å²) in [5.41, 5.74) is 0.860. The van der Waals surface area contributed by atoms with E-state index in [1.807, 2.05) is 6.07 Å². The van der Waals surface area contributed by atoms with Crippen LogP contribution in [0.4, 0.5) is 14.5 Å². The third-order valence-electron chi connectivity index (χ3n) is 3.59. The summed E-state index contributed by atoms with van der Waals surface area (Å²) in [5, 5.41) is 3.43. The van der Waals surface area contributed by atoms with Crippen LogP contribution < -0.4 is 10.1 Å². The molecule has 0 heterocycles. The fourth-order valence-corrected chi connectivity index (χ4v) is 2.69. The Morgan fingerprint density at radius 2 is 2.22 bits per heavy atom. The van der Waals surface area contributed by atoms with E-state index in [1.165, 1.54) is 12.8 Å². The van der Waals surface area contributed by atoms with Crippen LogP contribution in [0.3, 0.4) is 0 Å². The van der Waals surface area contributed by atoms with Crippen molar-refractivity contribution in [3.05, 3.63) is 24.3 Å². The zero-order chi connectivity index (χ0) is 13.0. The number of nitrogens with one attached hydrogen (secondary N) is 1. The summed E-state index contributed by atoms with van der Waals surface area (Å²) >= 11 is 0. The van der Waals surface area contributed by atoms with Gasteiger partial charge in [-0.25, -0.2) is 0 Å². The van der Waals surface area contributed by atoms with Crippen LogP contribution in [0.2, 0.25) is 0 Å². The smallest absolute Gasteiger partial charge is 0.387 e. The van der Waals surface area contributed by atoms with E-state index < -0.39 is 6.61 Å². The molecule has 1 fully saturated rings. The minimum atomic E-state index is -2.77. The molecule has 1 aliphatic rings. The van der Waals surface area contributed by atoms with Crippen LogP contribution in [-0.4, -0.2) is 12.7 Å². The average molecular weight is 255 g/mol. The van der Waals surface area contributed by atoms with Gasteiger partial charge in [-0.1, -0.05) is 25.8 Å². The lowest BCUT2D eigenvalue weighted by molar-refractivity contribution is -0.0498. The Kier molecular flexibility index (Phi) is 4.39. The Morgan fingerprint density at radius 3 is 2.94 bits per heavy atom. The van der Waals surface area contributed by atoms with Gasteiger partial charge in [0.05, 0.1) is 0 Å². The van der Waals surface area contributed by atoms with E-state index in [2.05, 4.69) is 17.0 Å². The number of hydrogen-bond acceptors (Lipinski definition) is 2. The molecule has 4 heteroatoms. The summed E-state index contributed by atoms with van der Waals surface area (Å²) in [4.78, 5) is 0. The molecule has 0 aromatic heterocycles. The fourth-order valence-electron chi connectivity index (χ4n) is 2.69. The molecule has 0 amide bonds. The summed E-state index contributed by atoms with van der Waals surface area (Å²) in [7, 11) is 0. The summed E-state index contributed by atoms with van der Waals surface area (Å²) < 4.78 is 28.7. The molecule has 18 heavy (non-hydrogen) atoms. The molecule has 0 saturated heterocycles. The Balaban J connectivity index is 2.00. The minimum Gasteiger partial charge on any atom is -0.435 e. The molecule has 2 atom stereocenters. The maximum Gasteiger partial charge on any atom is 0.387 e. The van der Waals surface area contributed by atoms with Crippen molar-refractivity contribution < 1.29 is 13.5 Å². The van der Waals surface area contributed by atoms with Crippen molar-refractivity contribution in [3.63, 3.8) is 0 Å². The van der Waals surface area contributed by atoms with Crippen molar-refractivity contribution in [3.8, 4) is 5.75 Å². The average Bonchev–Trinajstić information content (AvgIpc) is 2.76. The van der Waals surface area contributed by atoms with Gasteiger partial charge < -0.3 is 10.1 Å². The molecule has 0 radical (unpaired) electrons. The van der Waals surface area contributed by atoms with Gasteiger partial charge in [0.25, 0.3) is 0 Å². The molecule has 1 saturated carbocycles. The predicted molar refractivity (Wildman–Crippen MR) is 68.1 cm³/mol. The topological polar surface area (TPSA) is 21.3 Å². The van der Waals surface area contributed by atoms with E-state index in [9.17, 15) is 8.78 Å². The van der Waals surface area contributed by atoms with E-state index in [1.54, 1.807) is 18.2 Å². The standard InChI is InChI=1S/C14H19F2NO/c1-2-10-5-3-8-13(10)17-11-6-4-7-12(9-11)18-14(15)16/h4,6-7,9-10,13-14,17H,2-3,5,8H2,1H3. The summed E-state index contributed by atoms with van der Waals surface area (Å²) in [5.74, 6) is 0.894. The highest BCUT2D eigenvalue weighted by Crippen LogP contribution is 2.31. The number of rotatable bonds is 5. The third kappa shape index (κ3) is 3.34. The summed E-state index contributed by atoms with van der Waals surface area (Å²) in [6.45, 7) is -0.573. The number of ether oxygens (including phenoxy) is 1. The van der Waals surface area contributed by atoms with Crippen molar-refractivity contribution in [1.82, 2.24) is 0 Å². The van der Waals surface area contributed by atoms with E-state index in [0.29, 0.717) is 12.0 Å². The highest BCUT2D eigenvalue weighted by Gasteiger charge is 2.25. The molecular formula is C14H19F2NO. The van der Waals surface area contributed by atoms with Gasteiger partial charge in [-0.15, -0.1) is 0 Å². The van der Waals surface area contributed by atoms with Gasteiger partial charge in [-0.05, 0) is 30.9 Å². The zero-order valence-corrected chi connectivity index (χ0v) is 10.5. The Hall–Kier alpha value is -1.32. The lowest BCUT2D eigenvalue weighted by Crippen LogP contribution is -2.23. The molecule has 2 rings (SSSR count). The van der Waals surface area contributed by atoms with Gasteiger partial charge in [-0.2, -0.15) is 8.78 Å². The van der Waals surface area contributed by atoms with Crippen molar-refractivity contribution in [2.45, 2.75) is 45.3 Å². The number of halogens is 2. The first kappa shape index (κ1) is 13.1. The predicted octanol–water partition coefficient (Wildman–Crippen LogP) is 4.28. The largest absolute Gasteiger partial charge is 0.435 e. The normalized spacial score (nSPS) is 23.3. The second kappa shape index (κ2) is 6.03. The van der Waals surface area contributed by atoms with Gasteiger partial charge in [0, 0.05) is 17.8 Å². The van der Waals surface area contributed by atoms with Crippen LogP contribution in [0.15, 0.2) is 24.3 Å². The van der Waals surface area contributed by atoms with E-state index in [-0.39, 0.29) is 5.75 Å². The Bertz CT molecular complexity index is 384. The van der Waals surface area contributed by atoms with Gasteiger partial charge in [0.2, 0.25) is 0 Å². The first-order chi connectivity index (χ1) is 8.69. The molecule has 100 valence electrons. The number of benzene rings is 1. The molecule has 0 spiro atoms. The van der Waals surface area contributed by atoms with Gasteiger partial charge in [0.15, 0.2) is 0 Å². The molecule has 1 N–H and O–H groups in total. The maximum absolute atomic E-state index is 12.1. The van der Waals surface area contributed by atoms with Crippen molar-refractivity contribution in [2.24, 2.45) is 5.92 Å². The van der Waals surface area contributed by atoms with Crippen molar-refractivity contribution >= 4 is 5.69 Å². The van der Waals surface area contributed by atoms with Crippen LogP contribution in [0.25, 0.3) is 0 Å². The number of anilines is 1. The SMILES string of the molecule is CCC1CCCC1Nc1cccc(OC(F)F)c1. The van der Waals surface area contributed by atoms with Gasteiger partial charge in [-0.3, -0.25) is 0 Å². The monoisotopic (exact) mass is 255 g/mol. The molecule has 2 nitrogen and oxygen atoms in total. The first-order valence-electron chi connectivity index (χ1n) is 6.50. The van der Waals surface area contributed by atoms with Crippen LogP contribution in [0.1, 0.15) is 32.6 Å². The molecular weight excluding hydrogens is 236 g/mol. The lowest BCUT2D eigenvalue weighted by atomic mass is 10.0. The highest BCUT2D eigenvalue weighted by atomic mass is 19.3. The molecule has 1 aromatic rings. The van der Waals surface area contributed by atoms with E-state index in [0.717, 1.165) is 18.5 Å². The van der Waals surface area contributed by atoms with Gasteiger partial charge in [0.1, 0.15) is 5.75 Å². The molecule has 1 aromatic carbocycles. The molecule has 0 aliphatic heterocycles. The maximum atomic E-state index is 12.1. The van der Waals surface area contributed by atoms with Gasteiger partial charge >= 0.3 is 6.61 Å². The second-order valence-corrected chi connectivity index (χ2v) is 4.76. The van der Waals surface area contributed by atoms with Crippen molar-refractivity contribution in [2.75, 3.05) is 5.32 Å². The Labute approximate surface area is 106 Å². The van der Waals surface area contributed by atoms with Crippen LogP contribution in [0, 0.1) is 5.92 Å². The summed E-state index contributed by atoms with van der Waals surface area (Å²) in [6.07, 6.45) is 4.80. The van der Waals surface area contributed by atoms with Crippen molar-refractivity contribution in [1.29, 1.82) is 0 Å². The number of alkyl halides is 2. The first-order valence-corrected chi connectivity index (χ1v) is 6.50. The van der Waals surface area contributed by atoms with E-state index in [4.69, 9.17) is 0 Å². The van der Waals surface area contributed by atoms with E-state index >= 15 is 0 Å². The number of hydrogen-bond donors (Lipinski definition) is 1. The van der Waals surface area contributed by atoms with Crippen LogP contribution >= 0.6 is 0 Å². The van der Waals surface area contributed by atoms with Crippen LogP contribution in [-0.2, 0) is 0 Å². The molecule has 0 bridgehead atoms. The lowest BCUT2D eigenvalue weighted by Gasteiger charge is -2.21. The third-order valence-corrected chi connectivity index (χ3v) is 3.59. The quantitative estimate of drug-likeness (QED) is 0.848. The highest BCUT2D eigenvalue weighted by molar-refractivity contribution is 5.49. The zero-order valence-electron chi connectivity index (χ0n) is 10.5.